The predicted molar refractivity (Wildman–Crippen MR) is 121 cm³/mol. The van der Waals surface area contributed by atoms with Gasteiger partial charge in [0.05, 0.1) is 4.90 Å². The minimum absolute atomic E-state index is 0.128. The fourth-order valence-corrected chi connectivity index (χ4v) is 6.21. The van der Waals surface area contributed by atoms with Gasteiger partial charge in [0.25, 0.3) is 5.91 Å². The van der Waals surface area contributed by atoms with E-state index in [1.807, 2.05) is 29.6 Å². The molecule has 0 unspecified atom stereocenters. The summed E-state index contributed by atoms with van der Waals surface area (Å²) in [5, 5.41) is 4.84. The number of hydrogen-bond donors (Lipinski definition) is 1. The van der Waals surface area contributed by atoms with Crippen LogP contribution in [0, 0.1) is 0 Å². The molecule has 2 aliphatic rings. The summed E-state index contributed by atoms with van der Waals surface area (Å²) in [5.74, 6) is 1.01. The number of carbonyl (C=O) groups is 1. The molecule has 0 saturated heterocycles. The molecular weight excluding hydrogens is 448 g/mol. The number of nitrogens with zero attached hydrogens (tertiary/aromatic N) is 1. The van der Waals surface area contributed by atoms with Crippen molar-refractivity contribution in [2.24, 2.45) is 0 Å². The van der Waals surface area contributed by atoms with Crippen molar-refractivity contribution in [3.63, 3.8) is 0 Å². The number of ether oxygens (including phenoxy) is 2. The van der Waals surface area contributed by atoms with Crippen LogP contribution in [0.2, 0.25) is 0 Å². The summed E-state index contributed by atoms with van der Waals surface area (Å²) in [6.45, 7) is 2.11. The van der Waals surface area contributed by atoms with Crippen LogP contribution in [0.4, 0.5) is 0 Å². The molecule has 0 bridgehead atoms. The standard InChI is InChI=1S/C23H22N2O5S2/c26-23(24-14-16-4-5-20-21(12-16)30-10-9-29-20)17-2-1-3-19(13-17)32(27,28)25-8-6-22-18(15-25)7-11-31-22/h1-5,7,11-13H,6,8-10,14-15H2,(H,24,26). The SMILES string of the molecule is O=C(NCc1ccc2c(c1)OCCO2)c1cccc(S(=O)(=O)N2CCc3sccc3C2)c1. The van der Waals surface area contributed by atoms with E-state index >= 15 is 0 Å². The van der Waals surface area contributed by atoms with E-state index in [0.29, 0.717) is 56.3 Å². The summed E-state index contributed by atoms with van der Waals surface area (Å²) in [6, 6.07) is 13.7. The Morgan fingerprint density at radius 3 is 2.78 bits per heavy atom. The molecule has 166 valence electrons. The van der Waals surface area contributed by atoms with E-state index in [4.69, 9.17) is 9.47 Å². The van der Waals surface area contributed by atoms with E-state index in [1.165, 1.54) is 21.3 Å². The van der Waals surface area contributed by atoms with Gasteiger partial charge in [-0.05, 0) is 59.3 Å². The van der Waals surface area contributed by atoms with Crippen LogP contribution in [0.25, 0.3) is 0 Å². The zero-order valence-electron chi connectivity index (χ0n) is 17.2. The second-order valence-corrected chi connectivity index (χ2v) is 10.6. The minimum atomic E-state index is -3.69. The number of fused-ring (bicyclic) bond motifs is 2. The highest BCUT2D eigenvalue weighted by molar-refractivity contribution is 7.89. The minimum Gasteiger partial charge on any atom is -0.486 e. The highest BCUT2D eigenvalue weighted by atomic mass is 32.2. The van der Waals surface area contributed by atoms with Gasteiger partial charge < -0.3 is 14.8 Å². The fraction of sp³-hybridized carbons (Fsp3) is 0.261. The smallest absolute Gasteiger partial charge is 0.251 e. The van der Waals surface area contributed by atoms with Gasteiger partial charge in [-0.1, -0.05) is 12.1 Å². The first-order chi connectivity index (χ1) is 15.5. The number of sulfonamides is 1. The monoisotopic (exact) mass is 470 g/mol. The highest BCUT2D eigenvalue weighted by Crippen LogP contribution is 2.31. The largest absolute Gasteiger partial charge is 0.486 e. The maximum absolute atomic E-state index is 13.2. The second-order valence-electron chi connectivity index (χ2n) is 7.65. The van der Waals surface area contributed by atoms with Gasteiger partial charge >= 0.3 is 0 Å². The third-order valence-corrected chi connectivity index (χ3v) is 8.43. The van der Waals surface area contributed by atoms with Crippen molar-refractivity contribution in [2.75, 3.05) is 19.8 Å². The molecular formula is C23H22N2O5S2. The zero-order valence-corrected chi connectivity index (χ0v) is 18.9. The molecule has 0 aliphatic carbocycles. The Morgan fingerprint density at radius 1 is 1.06 bits per heavy atom. The average Bonchev–Trinajstić information content (AvgIpc) is 3.30. The van der Waals surface area contributed by atoms with Crippen LogP contribution in [-0.2, 0) is 29.5 Å². The normalized spacial score (nSPS) is 15.8. The molecule has 3 heterocycles. The molecule has 0 atom stereocenters. The van der Waals surface area contributed by atoms with Crippen molar-refractivity contribution in [1.82, 2.24) is 9.62 Å². The fourth-order valence-electron chi connectivity index (χ4n) is 3.86. The summed E-state index contributed by atoms with van der Waals surface area (Å²) in [4.78, 5) is 14.1. The molecule has 0 fully saturated rings. The summed E-state index contributed by atoms with van der Waals surface area (Å²) in [7, 11) is -3.69. The van der Waals surface area contributed by atoms with Gasteiger partial charge in [0.2, 0.25) is 10.0 Å². The molecule has 32 heavy (non-hydrogen) atoms. The molecule has 1 aromatic heterocycles. The number of thiophene rings is 1. The van der Waals surface area contributed by atoms with Crippen molar-refractivity contribution < 1.29 is 22.7 Å². The van der Waals surface area contributed by atoms with Crippen molar-refractivity contribution in [1.29, 1.82) is 0 Å². The van der Waals surface area contributed by atoms with Crippen molar-refractivity contribution in [3.05, 3.63) is 75.5 Å². The molecule has 9 heteroatoms. The molecule has 3 aromatic rings. The lowest BCUT2D eigenvalue weighted by Gasteiger charge is -2.26. The van der Waals surface area contributed by atoms with E-state index in [0.717, 1.165) is 11.1 Å². The van der Waals surface area contributed by atoms with Gasteiger partial charge in [0.1, 0.15) is 13.2 Å². The van der Waals surface area contributed by atoms with Gasteiger partial charge in [-0.15, -0.1) is 11.3 Å². The lowest BCUT2D eigenvalue weighted by Crippen LogP contribution is -2.35. The third-order valence-electron chi connectivity index (χ3n) is 5.57. The molecule has 2 aliphatic heterocycles. The number of hydrogen-bond acceptors (Lipinski definition) is 6. The molecule has 0 radical (unpaired) electrons. The van der Waals surface area contributed by atoms with Crippen LogP contribution in [0.5, 0.6) is 11.5 Å². The number of benzene rings is 2. The van der Waals surface area contributed by atoms with E-state index < -0.39 is 10.0 Å². The number of nitrogens with one attached hydrogen (secondary N) is 1. The molecule has 1 N–H and O–H groups in total. The van der Waals surface area contributed by atoms with Crippen LogP contribution in [0.3, 0.4) is 0 Å². The molecule has 7 nitrogen and oxygen atoms in total. The third kappa shape index (κ3) is 4.11. The first kappa shape index (κ1) is 21.0. The topological polar surface area (TPSA) is 84.9 Å². The Kier molecular flexibility index (Phi) is 5.62. The summed E-state index contributed by atoms with van der Waals surface area (Å²) < 4.78 is 38.9. The van der Waals surface area contributed by atoms with Crippen molar-refractivity contribution >= 4 is 27.3 Å². The lowest BCUT2D eigenvalue weighted by atomic mass is 10.1. The quantitative estimate of drug-likeness (QED) is 0.619. The van der Waals surface area contributed by atoms with E-state index in [1.54, 1.807) is 23.5 Å². The Bertz CT molecular complexity index is 1270. The first-order valence-corrected chi connectivity index (χ1v) is 12.6. The number of amides is 1. The van der Waals surface area contributed by atoms with Gasteiger partial charge in [0.15, 0.2) is 11.5 Å². The molecule has 2 aromatic carbocycles. The highest BCUT2D eigenvalue weighted by Gasteiger charge is 2.29. The van der Waals surface area contributed by atoms with E-state index in [-0.39, 0.29) is 10.8 Å². The summed E-state index contributed by atoms with van der Waals surface area (Å²) >= 11 is 1.66. The zero-order chi connectivity index (χ0) is 22.1. The number of rotatable bonds is 5. The Morgan fingerprint density at radius 2 is 1.91 bits per heavy atom. The van der Waals surface area contributed by atoms with Gasteiger partial charge in [-0.25, -0.2) is 8.42 Å². The second kappa shape index (κ2) is 8.57. The van der Waals surface area contributed by atoms with Crippen LogP contribution in [0.1, 0.15) is 26.4 Å². The summed E-state index contributed by atoms with van der Waals surface area (Å²) in [5.41, 5.74) is 2.22. The van der Waals surface area contributed by atoms with Crippen molar-refractivity contribution in [2.45, 2.75) is 24.4 Å². The summed E-state index contributed by atoms with van der Waals surface area (Å²) in [6.07, 6.45) is 0.710. The van der Waals surface area contributed by atoms with E-state index in [2.05, 4.69) is 5.32 Å². The molecule has 0 spiro atoms. The Hall–Kier alpha value is -2.88. The maximum Gasteiger partial charge on any atom is 0.251 e. The first-order valence-electron chi connectivity index (χ1n) is 10.3. The molecule has 1 amide bonds. The Labute approximate surface area is 190 Å². The molecule has 5 rings (SSSR count). The molecule has 0 saturated carbocycles. The van der Waals surface area contributed by atoms with Crippen LogP contribution in [-0.4, -0.2) is 38.4 Å². The maximum atomic E-state index is 13.2. The van der Waals surface area contributed by atoms with Crippen LogP contribution < -0.4 is 14.8 Å². The van der Waals surface area contributed by atoms with Crippen LogP contribution >= 0.6 is 11.3 Å². The van der Waals surface area contributed by atoms with Gasteiger partial charge in [-0.2, -0.15) is 4.31 Å². The average molecular weight is 471 g/mol. The van der Waals surface area contributed by atoms with Gasteiger partial charge in [0, 0.05) is 30.1 Å². The lowest BCUT2D eigenvalue weighted by molar-refractivity contribution is 0.0950. The Balaban J connectivity index is 1.29. The number of carbonyl (C=O) groups excluding carboxylic acids is 1. The van der Waals surface area contributed by atoms with Crippen LogP contribution in [0.15, 0.2) is 58.8 Å². The van der Waals surface area contributed by atoms with Gasteiger partial charge in [-0.3, -0.25) is 4.79 Å². The van der Waals surface area contributed by atoms with E-state index in [9.17, 15) is 13.2 Å². The predicted octanol–water partition coefficient (Wildman–Crippen LogP) is 3.20. The van der Waals surface area contributed by atoms with Crippen molar-refractivity contribution in [3.8, 4) is 11.5 Å².